The number of hydrogen-bond acceptors (Lipinski definition) is 3. The minimum atomic E-state index is -4.39. The molecule has 0 aliphatic heterocycles. The second kappa shape index (κ2) is 6.19. The van der Waals surface area contributed by atoms with E-state index in [2.05, 4.69) is 15.3 Å². The molecule has 2 aromatic carbocycles. The average molecular weight is 331 g/mol. The molecule has 0 aliphatic carbocycles. The molecule has 4 nitrogen and oxygen atoms in total. The third kappa shape index (κ3) is 3.62. The Morgan fingerprint density at radius 1 is 0.958 bits per heavy atom. The average Bonchev–Trinajstić information content (AvgIpc) is 2.55. The van der Waals surface area contributed by atoms with Crippen LogP contribution in [-0.4, -0.2) is 9.97 Å². The van der Waals surface area contributed by atoms with Crippen LogP contribution in [0.5, 0.6) is 0 Å². The van der Waals surface area contributed by atoms with E-state index in [4.69, 9.17) is 0 Å². The summed E-state index contributed by atoms with van der Waals surface area (Å²) < 4.78 is 37.7. The zero-order chi connectivity index (χ0) is 17.2. The molecule has 0 saturated heterocycles. The van der Waals surface area contributed by atoms with E-state index in [0.717, 1.165) is 17.7 Å². The summed E-state index contributed by atoms with van der Waals surface area (Å²) in [6, 6.07) is 14.9. The molecule has 3 aromatic rings. The first-order valence-corrected chi connectivity index (χ1v) is 7.03. The fourth-order valence-electron chi connectivity index (χ4n) is 2.15. The fraction of sp³-hybridized carbons (Fsp3) is 0.0588. The van der Waals surface area contributed by atoms with Crippen molar-refractivity contribution in [2.45, 2.75) is 6.18 Å². The highest BCUT2D eigenvalue weighted by Crippen LogP contribution is 2.30. The van der Waals surface area contributed by atoms with Crippen molar-refractivity contribution in [1.29, 1.82) is 0 Å². The minimum absolute atomic E-state index is 0.154. The lowest BCUT2D eigenvalue weighted by molar-refractivity contribution is -0.137. The molecule has 1 heterocycles. The van der Waals surface area contributed by atoms with Crippen molar-refractivity contribution in [3.63, 3.8) is 0 Å². The number of H-pyrrole nitrogens is 1. The topological polar surface area (TPSA) is 57.8 Å². The number of benzene rings is 2. The Kier molecular flexibility index (Phi) is 4.07. The summed E-state index contributed by atoms with van der Waals surface area (Å²) in [5.41, 5.74) is 0.509. The lowest BCUT2D eigenvalue weighted by Gasteiger charge is -2.09. The molecule has 0 spiro atoms. The summed E-state index contributed by atoms with van der Waals surface area (Å²) in [6.07, 6.45) is -4.39. The van der Waals surface area contributed by atoms with Gasteiger partial charge in [0.1, 0.15) is 0 Å². The molecule has 3 rings (SSSR count). The van der Waals surface area contributed by atoms with Crippen LogP contribution < -0.4 is 10.9 Å². The van der Waals surface area contributed by atoms with Gasteiger partial charge in [0.15, 0.2) is 0 Å². The second-order valence-corrected chi connectivity index (χ2v) is 5.05. The van der Waals surface area contributed by atoms with Crippen LogP contribution in [0.3, 0.4) is 0 Å². The molecule has 0 atom stereocenters. The molecule has 0 bridgehead atoms. The van der Waals surface area contributed by atoms with E-state index in [1.807, 2.05) is 30.3 Å². The summed E-state index contributed by atoms with van der Waals surface area (Å²) in [4.78, 5) is 18.6. The molecule has 0 aliphatic rings. The van der Waals surface area contributed by atoms with Crippen molar-refractivity contribution in [2.75, 3.05) is 5.32 Å². The van der Waals surface area contributed by atoms with Crippen LogP contribution in [0.15, 0.2) is 65.5 Å². The van der Waals surface area contributed by atoms with E-state index in [9.17, 15) is 18.0 Å². The highest BCUT2D eigenvalue weighted by molar-refractivity contribution is 5.61. The van der Waals surface area contributed by atoms with Crippen LogP contribution in [0.2, 0.25) is 0 Å². The Bertz CT molecular complexity index is 887. The maximum Gasteiger partial charge on any atom is 0.416 e. The van der Waals surface area contributed by atoms with Crippen molar-refractivity contribution in [3.8, 4) is 11.3 Å². The molecule has 1 aromatic heterocycles. The Labute approximate surface area is 135 Å². The maximum atomic E-state index is 12.6. The summed E-state index contributed by atoms with van der Waals surface area (Å²) in [7, 11) is 0. The Balaban J connectivity index is 1.88. The van der Waals surface area contributed by atoms with E-state index < -0.39 is 11.7 Å². The van der Waals surface area contributed by atoms with Gasteiger partial charge >= 0.3 is 6.18 Å². The number of aromatic amines is 1. The standard InChI is InChI=1S/C17H12F3N3O/c18-17(19,20)12-6-8-13(9-7-12)21-16-22-14(10-15(24)23-16)11-4-2-1-3-5-11/h1-10H,(H2,21,22,23,24). The Morgan fingerprint density at radius 2 is 1.62 bits per heavy atom. The normalized spacial score (nSPS) is 11.3. The maximum absolute atomic E-state index is 12.6. The van der Waals surface area contributed by atoms with Crippen LogP contribution in [0.1, 0.15) is 5.56 Å². The van der Waals surface area contributed by atoms with Crippen molar-refractivity contribution in [3.05, 3.63) is 76.6 Å². The van der Waals surface area contributed by atoms with E-state index in [1.54, 1.807) is 0 Å². The fourth-order valence-corrected chi connectivity index (χ4v) is 2.15. The van der Waals surface area contributed by atoms with E-state index in [1.165, 1.54) is 18.2 Å². The first kappa shape index (κ1) is 15.8. The van der Waals surface area contributed by atoms with Crippen molar-refractivity contribution >= 4 is 11.6 Å². The van der Waals surface area contributed by atoms with Gasteiger partial charge in [-0.3, -0.25) is 9.78 Å². The molecular formula is C17H12F3N3O. The zero-order valence-electron chi connectivity index (χ0n) is 12.3. The van der Waals surface area contributed by atoms with Crippen molar-refractivity contribution in [2.24, 2.45) is 0 Å². The summed E-state index contributed by atoms with van der Waals surface area (Å²) in [5.74, 6) is 0.154. The van der Waals surface area contributed by atoms with Gasteiger partial charge in [0, 0.05) is 17.3 Å². The van der Waals surface area contributed by atoms with E-state index in [-0.39, 0.29) is 11.5 Å². The van der Waals surface area contributed by atoms with Crippen LogP contribution >= 0.6 is 0 Å². The lowest BCUT2D eigenvalue weighted by atomic mass is 10.1. The van der Waals surface area contributed by atoms with Crippen LogP contribution in [0.4, 0.5) is 24.8 Å². The van der Waals surface area contributed by atoms with Crippen molar-refractivity contribution in [1.82, 2.24) is 9.97 Å². The van der Waals surface area contributed by atoms with Gasteiger partial charge in [-0.2, -0.15) is 13.2 Å². The van der Waals surface area contributed by atoms with Crippen molar-refractivity contribution < 1.29 is 13.2 Å². The van der Waals surface area contributed by atoms with Gasteiger partial charge in [0.05, 0.1) is 11.3 Å². The first-order valence-electron chi connectivity index (χ1n) is 7.03. The molecule has 24 heavy (non-hydrogen) atoms. The molecule has 0 fully saturated rings. The quantitative estimate of drug-likeness (QED) is 0.756. The molecule has 0 saturated carbocycles. The van der Waals surface area contributed by atoms with Gasteiger partial charge in [-0.15, -0.1) is 0 Å². The number of halogens is 3. The number of nitrogens with one attached hydrogen (secondary N) is 2. The molecule has 2 N–H and O–H groups in total. The summed E-state index contributed by atoms with van der Waals surface area (Å²) in [6.45, 7) is 0. The van der Waals surface area contributed by atoms with Gasteiger partial charge in [-0.1, -0.05) is 30.3 Å². The molecule has 0 radical (unpaired) electrons. The molecule has 0 amide bonds. The zero-order valence-corrected chi connectivity index (χ0v) is 12.3. The van der Waals surface area contributed by atoms with Crippen LogP contribution in [0, 0.1) is 0 Å². The summed E-state index contributed by atoms with van der Waals surface area (Å²) in [5, 5.41) is 2.80. The largest absolute Gasteiger partial charge is 0.416 e. The van der Waals surface area contributed by atoms with Gasteiger partial charge in [0.2, 0.25) is 5.95 Å². The molecular weight excluding hydrogens is 319 g/mol. The smallest absolute Gasteiger partial charge is 0.326 e. The van der Waals surface area contributed by atoms with Crippen LogP contribution in [-0.2, 0) is 6.18 Å². The minimum Gasteiger partial charge on any atom is -0.326 e. The second-order valence-electron chi connectivity index (χ2n) is 5.05. The molecule has 122 valence electrons. The number of rotatable bonds is 3. The van der Waals surface area contributed by atoms with E-state index >= 15 is 0 Å². The van der Waals surface area contributed by atoms with E-state index in [0.29, 0.717) is 11.4 Å². The number of alkyl halides is 3. The molecule has 7 heteroatoms. The third-order valence-corrected chi connectivity index (χ3v) is 3.29. The van der Waals surface area contributed by atoms with Gasteiger partial charge < -0.3 is 5.32 Å². The van der Waals surface area contributed by atoms with Gasteiger partial charge in [0.25, 0.3) is 5.56 Å². The first-order chi connectivity index (χ1) is 11.4. The number of anilines is 2. The van der Waals surface area contributed by atoms with Gasteiger partial charge in [-0.25, -0.2) is 4.98 Å². The lowest BCUT2D eigenvalue weighted by Crippen LogP contribution is -2.10. The highest BCUT2D eigenvalue weighted by atomic mass is 19.4. The SMILES string of the molecule is O=c1cc(-c2ccccc2)nc(Nc2ccc(C(F)(F)F)cc2)[nH]1. The Morgan fingerprint density at radius 3 is 2.25 bits per heavy atom. The monoisotopic (exact) mass is 331 g/mol. The molecule has 0 unspecified atom stereocenters. The highest BCUT2D eigenvalue weighted by Gasteiger charge is 2.29. The number of nitrogens with zero attached hydrogens (tertiary/aromatic N) is 1. The number of hydrogen-bond donors (Lipinski definition) is 2. The summed E-state index contributed by atoms with van der Waals surface area (Å²) >= 11 is 0. The predicted molar refractivity (Wildman–Crippen MR) is 85.0 cm³/mol. The number of aromatic nitrogens is 2. The predicted octanol–water partition coefficient (Wildman–Crippen LogP) is 4.20. The van der Waals surface area contributed by atoms with Crippen LogP contribution in [0.25, 0.3) is 11.3 Å². The Hall–Kier alpha value is -3.09. The van der Waals surface area contributed by atoms with Gasteiger partial charge in [-0.05, 0) is 24.3 Å². The third-order valence-electron chi connectivity index (χ3n) is 3.29.